The molecule has 1 aliphatic heterocycles. The highest BCUT2D eigenvalue weighted by atomic mass is 15.5. The summed E-state index contributed by atoms with van der Waals surface area (Å²) < 4.78 is 0. The zero-order chi connectivity index (χ0) is 16.4. The summed E-state index contributed by atoms with van der Waals surface area (Å²) in [7, 11) is 0. The quantitative estimate of drug-likeness (QED) is 0.837. The predicted molar refractivity (Wildman–Crippen MR) is 99.4 cm³/mol. The minimum absolute atomic E-state index is 0.965. The van der Waals surface area contributed by atoms with E-state index in [1.807, 2.05) is 13.8 Å². The maximum atomic E-state index is 4.22. The number of hydrogen-bond donors (Lipinski definition) is 1. The summed E-state index contributed by atoms with van der Waals surface area (Å²) in [5.41, 5.74) is 11.7. The van der Waals surface area contributed by atoms with Gasteiger partial charge < -0.3 is 0 Å². The van der Waals surface area contributed by atoms with Crippen molar-refractivity contribution in [2.45, 2.75) is 27.2 Å². The van der Waals surface area contributed by atoms with E-state index in [1.54, 1.807) is 0 Å². The molecule has 23 heavy (non-hydrogen) atoms. The highest BCUT2D eigenvalue weighted by molar-refractivity contribution is 6.05. The van der Waals surface area contributed by atoms with Crippen LogP contribution in [0, 0.1) is 6.92 Å². The zero-order valence-electron chi connectivity index (χ0n) is 14.0. The Morgan fingerprint density at radius 1 is 1.00 bits per heavy atom. The lowest BCUT2D eigenvalue weighted by Gasteiger charge is -2.19. The Morgan fingerprint density at radius 2 is 1.65 bits per heavy atom. The normalized spacial score (nSPS) is 14.7. The lowest BCUT2D eigenvalue weighted by atomic mass is 9.85. The van der Waals surface area contributed by atoms with Crippen molar-refractivity contribution < 1.29 is 0 Å². The molecule has 0 amide bonds. The van der Waals surface area contributed by atoms with Crippen molar-refractivity contribution in [1.29, 1.82) is 0 Å². The number of aryl methyl sites for hydroxylation is 1. The van der Waals surface area contributed by atoms with Gasteiger partial charge in [0.1, 0.15) is 0 Å². The highest BCUT2D eigenvalue weighted by Gasteiger charge is 2.16. The molecule has 2 aromatic rings. The number of allylic oxidation sites excluding steroid dienone is 3. The molecule has 0 radical (unpaired) electrons. The van der Waals surface area contributed by atoms with E-state index in [9.17, 15) is 0 Å². The van der Waals surface area contributed by atoms with E-state index in [-0.39, 0.29) is 0 Å². The average Bonchev–Trinajstić information content (AvgIpc) is 3.42. The third-order valence-corrected chi connectivity index (χ3v) is 4.09. The molecule has 1 N–H and O–H groups in total. The molecule has 0 saturated carbocycles. The Morgan fingerprint density at radius 3 is 2.30 bits per heavy atom. The Balaban J connectivity index is 0.000000753. The first-order valence-corrected chi connectivity index (χ1v) is 8.14. The second-order valence-corrected chi connectivity index (χ2v) is 5.68. The van der Waals surface area contributed by atoms with Gasteiger partial charge in [-0.3, -0.25) is 5.43 Å². The SMILES string of the molecule is C=C1C=C(c2ccc(C3=NN3)cc2)Cc2ccc(C)cc21.CC. The van der Waals surface area contributed by atoms with Crippen molar-refractivity contribution in [3.63, 3.8) is 0 Å². The fourth-order valence-electron chi connectivity index (χ4n) is 2.87. The molecule has 0 spiro atoms. The van der Waals surface area contributed by atoms with Gasteiger partial charge in [-0.1, -0.05) is 74.5 Å². The van der Waals surface area contributed by atoms with Gasteiger partial charge in [-0.15, -0.1) is 0 Å². The largest absolute Gasteiger partial charge is 0.257 e. The van der Waals surface area contributed by atoms with Crippen LogP contribution in [0.3, 0.4) is 0 Å². The summed E-state index contributed by atoms with van der Waals surface area (Å²) in [6, 6.07) is 15.2. The molecule has 1 heterocycles. The van der Waals surface area contributed by atoms with Crippen molar-refractivity contribution in [3.05, 3.63) is 82.9 Å². The van der Waals surface area contributed by atoms with Crippen LogP contribution < -0.4 is 5.43 Å². The third kappa shape index (κ3) is 3.11. The maximum absolute atomic E-state index is 4.22. The first-order valence-electron chi connectivity index (χ1n) is 8.14. The molecule has 2 nitrogen and oxygen atoms in total. The molecule has 0 saturated heterocycles. The van der Waals surface area contributed by atoms with Crippen LogP contribution in [-0.4, -0.2) is 5.84 Å². The number of nitrogens with one attached hydrogen (secondary N) is 1. The Bertz CT molecular complexity index is 808. The monoisotopic (exact) mass is 302 g/mol. The van der Waals surface area contributed by atoms with E-state index in [0.29, 0.717) is 0 Å². The van der Waals surface area contributed by atoms with Gasteiger partial charge in [0.15, 0.2) is 5.84 Å². The Hall–Kier alpha value is -2.61. The van der Waals surface area contributed by atoms with Crippen LogP contribution in [0.15, 0.2) is 60.2 Å². The van der Waals surface area contributed by atoms with Crippen LogP contribution in [0.4, 0.5) is 0 Å². The van der Waals surface area contributed by atoms with E-state index in [1.165, 1.54) is 27.8 Å². The topological polar surface area (TPSA) is 34.3 Å². The van der Waals surface area contributed by atoms with Crippen molar-refractivity contribution in [2.24, 2.45) is 5.10 Å². The number of fused-ring (bicyclic) bond motifs is 1. The van der Waals surface area contributed by atoms with Gasteiger partial charge in [-0.05, 0) is 41.2 Å². The van der Waals surface area contributed by atoms with Gasteiger partial charge in [-0.2, -0.15) is 5.10 Å². The minimum atomic E-state index is 0.965. The van der Waals surface area contributed by atoms with E-state index in [4.69, 9.17) is 0 Å². The predicted octanol–water partition coefficient (Wildman–Crippen LogP) is 4.94. The molecule has 1 aliphatic carbocycles. The number of nitrogens with zero attached hydrogens (tertiary/aromatic N) is 1. The number of rotatable bonds is 2. The summed E-state index contributed by atoms with van der Waals surface area (Å²) in [5.74, 6) is 0.976. The molecule has 0 aromatic heterocycles. The molecule has 2 aromatic carbocycles. The lowest BCUT2D eigenvalue weighted by Crippen LogP contribution is -2.02. The molecule has 0 fully saturated rings. The second-order valence-electron chi connectivity index (χ2n) is 5.68. The molecule has 0 bridgehead atoms. The molecule has 2 aliphatic rings. The fraction of sp³-hybridized carbons (Fsp3) is 0.190. The first-order chi connectivity index (χ1) is 11.2. The summed E-state index contributed by atoms with van der Waals surface area (Å²) in [6.45, 7) is 10.3. The van der Waals surface area contributed by atoms with Gasteiger partial charge in [0, 0.05) is 5.56 Å². The first kappa shape index (κ1) is 15.3. The zero-order valence-corrected chi connectivity index (χ0v) is 14.0. The van der Waals surface area contributed by atoms with E-state index < -0.39 is 0 Å². The molecule has 2 heteroatoms. The van der Waals surface area contributed by atoms with Crippen LogP contribution in [0.5, 0.6) is 0 Å². The Kier molecular flexibility index (Phi) is 4.16. The number of amidine groups is 1. The highest BCUT2D eigenvalue weighted by Crippen LogP contribution is 2.33. The summed E-state index contributed by atoms with van der Waals surface area (Å²) in [5, 5.41) is 4.00. The standard InChI is InChI=1S/C19H16N2.C2H6/c1-12-3-4-16-11-17(10-13(2)18(16)9-12)14-5-7-15(8-6-14)19-20-21-19;1-2/h3-10H,2,11H2,1H3,(H,20,21);1-2H3. The molecular formula is C21H22N2. The molecular weight excluding hydrogens is 280 g/mol. The smallest absolute Gasteiger partial charge is 0.173 e. The van der Waals surface area contributed by atoms with Crippen LogP contribution in [0.2, 0.25) is 0 Å². The van der Waals surface area contributed by atoms with Gasteiger partial charge >= 0.3 is 0 Å². The maximum Gasteiger partial charge on any atom is 0.173 e. The van der Waals surface area contributed by atoms with Gasteiger partial charge in [0.2, 0.25) is 0 Å². The molecule has 116 valence electrons. The number of benzene rings is 2. The second kappa shape index (κ2) is 6.25. The van der Waals surface area contributed by atoms with E-state index >= 15 is 0 Å². The van der Waals surface area contributed by atoms with E-state index in [0.717, 1.165) is 23.4 Å². The van der Waals surface area contributed by atoms with Gasteiger partial charge in [0.05, 0.1) is 0 Å². The van der Waals surface area contributed by atoms with Crippen molar-refractivity contribution in [1.82, 2.24) is 5.43 Å². The fourth-order valence-corrected chi connectivity index (χ4v) is 2.87. The summed E-state index contributed by atoms with van der Waals surface area (Å²) in [4.78, 5) is 0. The van der Waals surface area contributed by atoms with Crippen molar-refractivity contribution in [2.75, 3.05) is 0 Å². The summed E-state index contributed by atoms with van der Waals surface area (Å²) >= 11 is 0. The third-order valence-electron chi connectivity index (χ3n) is 4.09. The van der Waals surface area contributed by atoms with Crippen LogP contribution in [-0.2, 0) is 6.42 Å². The van der Waals surface area contributed by atoms with Crippen molar-refractivity contribution in [3.8, 4) is 0 Å². The molecule has 0 unspecified atom stereocenters. The van der Waals surface area contributed by atoms with Gasteiger partial charge in [0.25, 0.3) is 0 Å². The lowest BCUT2D eigenvalue weighted by molar-refractivity contribution is 1.23. The number of hydrazone groups is 1. The molecule has 0 atom stereocenters. The van der Waals surface area contributed by atoms with Crippen LogP contribution >= 0.6 is 0 Å². The van der Waals surface area contributed by atoms with Gasteiger partial charge in [-0.25, -0.2) is 0 Å². The Labute approximate surface area is 138 Å². The van der Waals surface area contributed by atoms with Crippen LogP contribution in [0.1, 0.15) is 41.7 Å². The minimum Gasteiger partial charge on any atom is -0.257 e. The number of hydrogen-bond acceptors (Lipinski definition) is 2. The summed E-state index contributed by atoms with van der Waals surface area (Å²) in [6.07, 6.45) is 3.18. The van der Waals surface area contributed by atoms with E-state index in [2.05, 4.69) is 72.6 Å². The van der Waals surface area contributed by atoms with Crippen molar-refractivity contribution >= 4 is 17.0 Å². The molecule has 4 rings (SSSR count). The average molecular weight is 302 g/mol. The van der Waals surface area contributed by atoms with Crippen LogP contribution in [0.25, 0.3) is 11.1 Å².